The van der Waals surface area contributed by atoms with Crippen molar-refractivity contribution in [1.82, 2.24) is 5.32 Å². The lowest BCUT2D eigenvalue weighted by molar-refractivity contribution is -0.132. The Morgan fingerprint density at radius 2 is 0.746 bits per heavy atom. The summed E-state index contributed by atoms with van der Waals surface area (Å²) in [6.45, 7) is 4.00. The summed E-state index contributed by atoms with van der Waals surface area (Å²) in [6.07, 6.45) is 58.1. The number of carbonyl (C=O) groups excluding carboxylic acids is 1. The van der Waals surface area contributed by atoms with Gasteiger partial charge < -0.3 is 25.7 Å². The molecule has 0 aliphatic heterocycles. The summed E-state index contributed by atoms with van der Waals surface area (Å²) in [6, 6.07) is -0.999. The fraction of sp³-hybridized carbons (Fsp3) is 0.868. The topological polar surface area (TPSA) is 110 Å². The third-order valence-electron chi connectivity index (χ3n) is 12.1. The van der Waals surface area contributed by atoms with Gasteiger partial charge in [0.05, 0.1) is 18.8 Å². The minimum absolute atomic E-state index is 0.363. The number of unbranched alkanes of at least 4 members (excludes halogenated alkanes) is 32. The summed E-state index contributed by atoms with van der Waals surface area (Å²) >= 11 is 0. The molecule has 0 aliphatic rings. The Labute approximate surface area is 367 Å². The SMILES string of the molecule is CCCCCC/C=C/CCCC(O)C(O)C(CO)NC(=O)C(O)CCCCCCCCCCCCCCCCCC/C=C\C/C=C\CCCCCCCCCCCCC. The van der Waals surface area contributed by atoms with E-state index in [0.29, 0.717) is 12.8 Å². The second kappa shape index (κ2) is 47.6. The lowest BCUT2D eigenvalue weighted by atomic mass is 10.00. The van der Waals surface area contributed by atoms with Crippen LogP contribution in [0.2, 0.25) is 0 Å². The minimum Gasteiger partial charge on any atom is -0.394 e. The number of carbonyl (C=O) groups is 1. The van der Waals surface area contributed by atoms with Crippen molar-refractivity contribution in [3.05, 3.63) is 36.5 Å². The minimum atomic E-state index is -1.28. The first kappa shape index (κ1) is 57.5. The van der Waals surface area contributed by atoms with E-state index in [-0.39, 0.29) is 0 Å². The Hall–Kier alpha value is -1.47. The number of nitrogens with one attached hydrogen (secondary N) is 1. The number of hydrogen-bond acceptors (Lipinski definition) is 5. The van der Waals surface area contributed by atoms with Crippen molar-refractivity contribution < 1.29 is 25.2 Å². The quantitative estimate of drug-likeness (QED) is 0.0310. The van der Waals surface area contributed by atoms with Gasteiger partial charge in [0, 0.05) is 0 Å². The summed E-state index contributed by atoms with van der Waals surface area (Å²) in [5, 5.41) is 43.5. The van der Waals surface area contributed by atoms with E-state index in [1.165, 1.54) is 193 Å². The highest BCUT2D eigenvalue weighted by Gasteiger charge is 2.28. The van der Waals surface area contributed by atoms with Crippen molar-refractivity contribution in [2.45, 2.75) is 289 Å². The molecule has 0 rings (SSSR count). The maximum Gasteiger partial charge on any atom is 0.249 e. The van der Waals surface area contributed by atoms with Crippen LogP contribution in [0.25, 0.3) is 0 Å². The van der Waals surface area contributed by atoms with Crippen LogP contribution in [-0.4, -0.2) is 57.3 Å². The molecule has 0 saturated heterocycles. The van der Waals surface area contributed by atoms with Crippen LogP contribution >= 0.6 is 0 Å². The Morgan fingerprint density at radius 3 is 1.14 bits per heavy atom. The molecule has 0 radical (unpaired) electrons. The van der Waals surface area contributed by atoms with Crippen LogP contribution in [0.3, 0.4) is 0 Å². The molecule has 6 nitrogen and oxygen atoms in total. The number of aliphatic hydroxyl groups is 4. The molecule has 0 spiro atoms. The first-order chi connectivity index (χ1) is 29.0. The van der Waals surface area contributed by atoms with Gasteiger partial charge in [0.15, 0.2) is 0 Å². The zero-order valence-corrected chi connectivity index (χ0v) is 39.3. The number of aliphatic hydroxyl groups excluding tert-OH is 4. The zero-order chi connectivity index (χ0) is 43.1. The van der Waals surface area contributed by atoms with Crippen LogP contribution in [0.1, 0.15) is 264 Å². The average molecular weight is 832 g/mol. The Bertz CT molecular complexity index is 935. The molecule has 0 aromatic carbocycles. The Balaban J connectivity index is 3.54. The van der Waals surface area contributed by atoms with Gasteiger partial charge >= 0.3 is 0 Å². The summed E-state index contributed by atoms with van der Waals surface area (Å²) in [7, 11) is 0. The van der Waals surface area contributed by atoms with Crippen LogP contribution in [0.4, 0.5) is 0 Å². The lowest BCUT2D eigenvalue weighted by Crippen LogP contribution is -2.53. The summed E-state index contributed by atoms with van der Waals surface area (Å²) < 4.78 is 0. The number of allylic oxidation sites excluding steroid dienone is 6. The van der Waals surface area contributed by atoms with Gasteiger partial charge in [-0.2, -0.15) is 0 Å². The third kappa shape index (κ3) is 41.6. The molecule has 0 heterocycles. The predicted octanol–water partition coefficient (Wildman–Crippen LogP) is 14.5. The molecule has 0 saturated carbocycles. The van der Waals surface area contributed by atoms with E-state index in [0.717, 1.165) is 44.9 Å². The fourth-order valence-electron chi connectivity index (χ4n) is 7.97. The molecule has 5 N–H and O–H groups in total. The van der Waals surface area contributed by atoms with E-state index < -0.39 is 36.9 Å². The molecule has 4 unspecified atom stereocenters. The van der Waals surface area contributed by atoms with E-state index >= 15 is 0 Å². The number of amides is 1. The first-order valence-corrected chi connectivity index (χ1v) is 25.9. The number of hydrogen-bond donors (Lipinski definition) is 5. The van der Waals surface area contributed by atoms with Crippen LogP contribution in [-0.2, 0) is 4.79 Å². The maximum atomic E-state index is 12.5. The second-order valence-electron chi connectivity index (χ2n) is 17.9. The van der Waals surface area contributed by atoms with Gasteiger partial charge in [-0.3, -0.25) is 4.79 Å². The summed E-state index contributed by atoms with van der Waals surface area (Å²) in [5.41, 5.74) is 0. The molecule has 0 aromatic rings. The molecule has 1 amide bonds. The van der Waals surface area contributed by atoms with Crippen molar-refractivity contribution in [1.29, 1.82) is 0 Å². The standard InChI is InChI=1S/C53H101NO5/c1-3-5-7-9-11-13-14-15-16-17-18-19-20-21-22-23-24-25-26-27-28-29-30-31-32-33-34-35-36-37-39-41-43-45-47-51(57)53(59)54-49(48-55)52(58)50(56)46-44-42-40-38-12-10-8-6-4-2/h20-21,23-24,38,40,49-52,55-58H,3-19,22,25-37,39,41-48H2,1-2H3,(H,54,59)/b21-20-,24-23-,40-38+. The highest BCUT2D eigenvalue weighted by molar-refractivity contribution is 5.80. The molecule has 4 atom stereocenters. The molecule has 0 aliphatic carbocycles. The summed E-state index contributed by atoms with van der Waals surface area (Å²) in [4.78, 5) is 12.5. The van der Waals surface area contributed by atoms with Gasteiger partial charge in [0.25, 0.3) is 0 Å². The molecule has 59 heavy (non-hydrogen) atoms. The smallest absolute Gasteiger partial charge is 0.249 e. The van der Waals surface area contributed by atoms with Crippen molar-refractivity contribution >= 4 is 5.91 Å². The van der Waals surface area contributed by atoms with Crippen molar-refractivity contribution in [3.8, 4) is 0 Å². The zero-order valence-electron chi connectivity index (χ0n) is 39.3. The largest absolute Gasteiger partial charge is 0.394 e. The van der Waals surface area contributed by atoms with Crippen LogP contribution in [0.15, 0.2) is 36.5 Å². The summed E-state index contributed by atoms with van der Waals surface area (Å²) in [5.74, 6) is -0.594. The van der Waals surface area contributed by atoms with E-state index in [4.69, 9.17) is 0 Å². The van der Waals surface area contributed by atoms with Crippen LogP contribution in [0, 0.1) is 0 Å². The maximum absolute atomic E-state index is 12.5. The third-order valence-corrected chi connectivity index (χ3v) is 12.1. The van der Waals surface area contributed by atoms with Crippen LogP contribution < -0.4 is 5.32 Å². The Kier molecular flexibility index (Phi) is 46.4. The molecule has 348 valence electrons. The second-order valence-corrected chi connectivity index (χ2v) is 17.9. The van der Waals surface area contributed by atoms with Crippen molar-refractivity contribution in [2.24, 2.45) is 0 Å². The molecular weight excluding hydrogens is 731 g/mol. The van der Waals surface area contributed by atoms with Gasteiger partial charge in [0.2, 0.25) is 5.91 Å². The average Bonchev–Trinajstić information content (AvgIpc) is 3.24. The lowest BCUT2D eigenvalue weighted by Gasteiger charge is -2.27. The van der Waals surface area contributed by atoms with Gasteiger partial charge in [-0.25, -0.2) is 0 Å². The van der Waals surface area contributed by atoms with Gasteiger partial charge in [-0.15, -0.1) is 0 Å². The van der Waals surface area contributed by atoms with Gasteiger partial charge in [-0.05, 0) is 70.6 Å². The normalized spacial score (nSPS) is 14.2. The monoisotopic (exact) mass is 832 g/mol. The Morgan fingerprint density at radius 1 is 0.424 bits per heavy atom. The van der Waals surface area contributed by atoms with E-state index in [9.17, 15) is 25.2 Å². The molecule has 6 heteroatoms. The van der Waals surface area contributed by atoms with E-state index in [1.54, 1.807) is 0 Å². The fourth-order valence-corrected chi connectivity index (χ4v) is 7.97. The molecule has 0 aromatic heterocycles. The number of rotatable bonds is 47. The van der Waals surface area contributed by atoms with Gasteiger partial charge in [-0.1, -0.05) is 230 Å². The first-order valence-electron chi connectivity index (χ1n) is 25.9. The molecule has 0 bridgehead atoms. The van der Waals surface area contributed by atoms with Gasteiger partial charge in [0.1, 0.15) is 12.2 Å². The van der Waals surface area contributed by atoms with Crippen LogP contribution in [0.5, 0.6) is 0 Å². The van der Waals surface area contributed by atoms with E-state index in [1.807, 2.05) is 0 Å². The molecular formula is C53H101NO5. The highest BCUT2D eigenvalue weighted by Crippen LogP contribution is 2.16. The highest BCUT2D eigenvalue weighted by atomic mass is 16.3. The van der Waals surface area contributed by atoms with Crippen molar-refractivity contribution in [3.63, 3.8) is 0 Å². The molecule has 0 fully saturated rings. The van der Waals surface area contributed by atoms with Crippen molar-refractivity contribution in [2.75, 3.05) is 6.61 Å². The van der Waals surface area contributed by atoms with E-state index in [2.05, 4.69) is 55.6 Å². The predicted molar refractivity (Wildman–Crippen MR) is 256 cm³/mol.